The van der Waals surface area contributed by atoms with Gasteiger partial charge < -0.3 is 18.9 Å². The van der Waals surface area contributed by atoms with E-state index in [0.29, 0.717) is 36.9 Å². The van der Waals surface area contributed by atoms with E-state index in [1.807, 2.05) is 13.0 Å². The molecule has 268 valence electrons. The second-order valence-corrected chi connectivity index (χ2v) is 14.3. The number of hydrogen-bond acceptors (Lipinski definition) is 10. The van der Waals surface area contributed by atoms with Crippen LogP contribution in [0.2, 0.25) is 0 Å². The average molecular weight is 691 g/mol. The zero-order valence-corrected chi connectivity index (χ0v) is 29.8. The molecule has 12 nitrogen and oxygen atoms in total. The molecular formula is C38H46N2O10. The number of carbonyl (C=O) groups is 6. The third-order valence-corrected chi connectivity index (χ3v) is 8.10. The molecule has 2 aromatic carbocycles. The minimum Gasteiger partial charge on any atom is -0.456 e. The number of ether oxygens (including phenoxy) is 4. The normalized spacial score (nSPS) is 18.5. The Kier molecular flexibility index (Phi) is 11.9. The minimum atomic E-state index is -0.880. The molecule has 2 atom stereocenters. The number of carbonyl (C=O) groups excluding carboxylic acids is 6. The Balaban J connectivity index is 1.28. The van der Waals surface area contributed by atoms with Crippen LogP contribution < -0.4 is 0 Å². The summed E-state index contributed by atoms with van der Waals surface area (Å²) in [5, 5.41) is 0. The van der Waals surface area contributed by atoms with Crippen molar-refractivity contribution in [1.82, 2.24) is 9.80 Å². The zero-order chi connectivity index (χ0) is 36.8. The van der Waals surface area contributed by atoms with E-state index >= 15 is 0 Å². The van der Waals surface area contributed by atoms with Gasteiger partial charge in [-0.1, -0.05) is 60.2 Å². The topological polar surface area (TPSA) is 146 Å². The summed E-state index contributed by atoms with van der Waals surface area (Å²) >= 11 is 0. The molecule has 0 bridgehead atoms. The van der Waals surface area contributed by atoms with E-state index in [1.54, 1.807) is 90.1 Å². The van der Waals surface area contributed by atoms with Crippen molar-refractivity contribution in [3.05, 3.63) is 71.3 Å². The fourth-order valence-corrected chi connectivity index (χ4v) is 5.56. The monoisotopic (exact) mass is 690 g/mol. The van der Waals surface area contributed by atoms with Crippen LogP contribution >= 0.6 is 0 Å². The van der Waals surface area contributed by atoms with Gasteiger partial charge in [0.1, 0.15) is 23.3 Å². The van der Waals surface area contributed by atoms with Crippen molar-refractivity contribution in [3.63, 3.8) is 0 Å². The van der Waals surface area contributed by atoms with E-state index in [2.05, 4.69) is 0 Å². The molecule has 0 saturated carbocycles. The SMILES string of the molecule is CC=C1C[C@@H](C(=O)OCC(=O)c2ccc(-c3ccc(C(=O)COC(=O)[C@@H]4CCCN4C(=O)OC(C)(C)C)cc3)cc2)N(C(=O)OC(C)(C)C)C1. The first-order valence-electron chi connectivity index (χ1n) is 16.7. The van der Waals surface area contributed by atoms with E-state index in [9.17, 15) is 28.8 Å². The molecule has 0 spiro atoms. The zero-order valence-electron chi connectivity index (χ0n) is 29.8. The lowest BCUT2D eigenvalue weighted by molar-refractivity contribution is -0.148. The molecule has 2 saturated heterocycles. The number of amides is 2. The molecule has 50 heavy (non-hydrogen) atoms. The summed E-state index contributed by atoms with van der Waals surface area (Å²) in [6.45, 7) is 12.0. The molecule has 0 unspecified atom stereocenters. The number of hydrogen-bond donors (Lipinski definition) is 0. The first-order chi connectivity index (χ1) is 23.5. The second-order valence-electron chi connectivity index (χ2n) is 14.3. The van der Waals surface area contributed by atoms with Crippen LogP contribution in [0.1, 0.15) is 88.4 Å². The molecule has 4 rings (SSSR count). The highest BCUT2D eigenvalue weighted by Gasteiger charge is 2.40. The average Bonchev–Trinajstić information content (AvgIpc) is 3.73. The molecule has 2 heterocycles. The standard InChI is InChI=1S/C38H46N2O10/c1-8-24-20-30(40(21-24)36(46)50-38(5,6)7)34(44)48-23-32(42)28-17-13-26(14-18-28)25-11-15-27(16-12-25)31(41)22-47-33(43)29-10-9-19-39(29)35(45)49-37(2,3)4/h8,11-18,29-30H,9-10,19-23H2,1-7H3/t29-,30-/m0/s1. The van der Waals surface area contributed by atoms with Gasteiger partial charge in [-0.3, -0.25) is 19.4 Å². The lowest BCUT2D eigenvalue weighted by atomic mass is 10.0. The number of ketones is 2. The van der Waals surface area contributed by atoms with Crippen molar-refractivity contribution in [2.24, 2.45) is 0 Å². The number of likely N-dealkylation sites (tertiary alicyclic amines) is 2. The first-order valence-corrected chi connectivity index (χ1v) is 16.7. The summed E-state index contributed by atoms with van der Waals surface area (Å²) in [6, 6.07) is 11.8. The van der Waals surface area contributed by atoms with E-state index in [0.717, 1.165) is 16.7 Å². The van der Waals surface area contributed by atoms with Crippen LogP contribution in [0, 0.1) is 0 Å². The van der Waals surface area contributed by atoms with Gasteiger partial charge in [0, 0.05) is 30.6 Å². The number of esters is 2. The highest BCUT2D eigenvalue weighted by molar-refractivity contribution is 6.00. The van der Waals surface area contributed by atoms with Crippen molar-refractivity contribution in [1.29, 1.82) is 0 Å². The third kappa shape index (κ3) is 10.0. The van der Waals surface area contributed by atoms with E-state index in [-0.39, 0.29) is 6.54 Å². The van der Waals surface area contributed by atoms with Crippen LogP contribution in [-0.4, -0.2) is 95.1 Å². The Morgan fingerprint density at radius 1 is 0.680 bits per heavy atom. The Morgan fingerprint density at radius 2 is 1.12 bits per heavy atom. The minimum absolute atomic E-state index is 0.250. The molecule has 2 aromatic rings. The molecule has 2 aliphatic rings. The van der Waals surface area contributed by atoms with Gasteiger partial charge in [0.15, 0.2) is 24.8 Å². The van der Waals surface area contributed by atoms with Gasteiger partial charge in [-0.05, 0) is 72.4 Å². The summed E-state index contributed by atoms with van der Waals surface area (Å²) in [5.41, 5.74) is 1.72. The summed E-state index contributed by atoms with van der Waals surface area (Å²) in [4.78, 5) is 79.2. The lowest BCUT2D eigenvalue weighted by Gasteiger charge is -2.27. The highest BCUT2D eigenvalue weighted by atomic mass is 16.6. The summed E-state index contributed by atoms with van der Waals surface area (Å²) in [6.07, 6.45) is 2.01. The number of Topliss-reactive ketones (excluding diaryl/α,β-unsaturated/α-hetero) is 2. The van der Waals surface area contributed by atoms with Gasteiger partial charge in [0.25, 0.3) is 0 Å². The third-order valence-electron chi connectivity index (χ3n) is 8.10. The number of nitrogens with zero attached hydrogens (tertiary/aromatic N) is 2. The molecule has 0 aromatic heterocycles. The smallest absolute Gasteiger partial charge is 0.411 e. The summed E-state index contributed by atoms with van der Waals surface area (Å²) in [7, 11) is 0. The molecule has 2 aliphatic heterocycles. The van der Waals surface area contributed by atoms with Crippen LogP contribution in [0.15, 0.2) is 60.2 Å². The maximum atomic E-state index is 12.9. The maximum Gasteiger partial charge on any atom is 0.411 e. The lowest BCUT2D eigenvalue weighted by Crippen LogP contribution is -2.44. The van der Waals surface area contributed by atoms with Gasteiger partial charge in [-0.15, -0.1) is 0 Å². The van der Waals surface area contributed by atoms with Gasteiger partial charge >= 0.3 is 24.1 Å². The fraction of sp³-hybridized carbons (Fsp3) is 0.474. The van der Waals surface area contributed by atoms with Gasteiger partial charge in [0.2, 0.25) is 0 Å². The number of allylic oxidation sites excluding steroid dienone is 1. The summed E-state index contributed by atoms with van der Waals surface area (Å²) < 4.78 is 21.5. The summed E-state index contributed by atoms with van der Waals surface area (Å²) in [5.74, 6) is -2.12. The van der Waals surface area contributed by atoms with Crippen molar-refractivity contribution in [2.45, 2.75) is 91.0 Å². The van der Waals surface area contributed by atoms with E-state index < -0.39 is 72.2 Å². The van der Waals surface area contributed by atoms with Crippen LogP contribution in [0.4, 0.5) is 9.59 Å². The van der Waals surface area contributed by atoms with Crippen LogP contribution in [0.5, 0.6) is 0 Å². The Bertz CT molecular complexity index is 1630. The Morgan fingerprint density at radius 3 is 1.56 bits per heavy atom. The van der Waals surface area contributed by atoms with Gasteiger partial charge in [0.05, 0.1) is 0 Å². The second kappa shape index (κ2) is 15.7. The quantitative estimate of drug-likeness (QED) is 0.130. The molecule has 2 amide bonds. The largest absolute Gasteiger partial charge is 0.456 e. The number of rotatable bonds is 9. The fourth-order valence-electron chi connectivity index (χ4n) is 5.56. The van der Waals surface area contributed by atoms with Crippen molar-refractivity contribution in [3.8, 4) is 11.1 Å². The van der Waals surface area contributed by atoms with Gasteiger partial charge in [-0.25, -0.2) is 19.2 Å². The van der Waals surface area contributed by atoms with Crippen LogP contribution in [0.25, 0.3) is 11.1 Å². The van der Waals surface area contributed by atoms with Crippen molar-refractivity contribution >= 4 is 35.7 Å². The predicted octanol–water partition coefficient (Wildman–Crippen LogP) is 6.16. The van der Waals surface area contributed by atoms with Gasteiger partial charge in [-0.2, -0.15) is 0 Å². The molecule has 0 aliphatic carbocycles. The molecular weight excluding hydrogens is 644 g/mol. The maximum absolute atomic E-state index is 12.9. The Hall–Kier alpha value is -5.00. The molecule has 0 N–H and O–H groups in total. The molecule has 0 radical (unpaired) electrons. The molecule has 2 fully saturated rings. The van der Waals surface area contributed by atoms with Crippen molar-refractivity contribution < 1.29 is 47.7 Å². The predicted molar refractivity (Wildman–Crippen MR) is 184 cm³/mol. The Labute approximate surface area is 292 Å². The van der Waals surface area contributed by atoms with Crippen LogP contribution in [-0.2, 0) is 28.5 Å². The number of benzene rings is 2. The first kappa shape index (κ1) is 37.8. The highest BCUT2D eigenvalue weighted by Crippen LogP contribution is 2.27. The van der Waals surface area contributed by atoms with E-state index in [4.69, 9.17) is 18.9 Å². The molecule has 12 heteroatoms. The van der Waals surface area contributed by atoms with Crippen LogP contribution in [0.3, 0.4) is 0 Å². The van der Waals surface area contributed by atoms with Crippen molar-refractivity contribution in [2.75, 3.05) is 26.3 Å². The van der Waals surface area contributed by atoms with E-state index in [1.165, 1.54) is 9.80 Å².